The predicted octanol–water partition coefficient (Wildman–Crippen LogP) is 1.41. The zero-order chi connectivity index (χ0) is 13.8. The number of esters is 1. The lowest BCUT2D eigenvalue weighted by Crippen LogP contribution is -2.52. The van der Waals surface area contributed by atoms with Gasteiger partial charge in [0.05, 0.1) is 6.10 Å². The Balaban J connectivity index is 2.07. The molecule has 0 spiro atoms. The van der Waals surface area contributed by atoms with Gasteiger partial charge in [-0.05, 0) is 48.0 Å². The summed E-state index contributed by atoms with van der Waals surface area (Å²) in [5, 5.41) is 20.0. The number of rotatable bonds is 1. The van der Waals surface area contributed by atoms with Crippen molar-refractivity contribution in [2.45, 2.75) is 45.6 Å². The molecule has 0 saturated heterocycles. The second-order valence-corrected chi connectivity index (χ2v) is 6.92. The molecule has 0 aromatic heterocycles. The number of aliphatic hydroxyl groups excluding tert-OH is 2. The predicted molar refractivity (Wildman–Crippen MR) is 69.2 cm³/mol. The number of hydrogen-bond donors (Lipinski definition) is 2. The van der Waals surface area contributed by atoms with Crippen LogP contribution < -0.4 is 0 Å². The molecular formula is C15H22O4. The molecule has 3 aliphatic rings. The summed E-state index contributed by atoms with van der Waals surface area (Å²) >= 11 is 0. The average molecular weight is 266 g/mol. The molecule has 3 rings (SSSR count). The molecule has 0 amide bonds. The van der Waals surface area contributed by atoms with Crippen molar-refractivity contribution >= 4 is 5.97 Å². The van der Waals surface area contributed by atoms with E-state index in [0.29, 0.717) is 25.4 Å². The molecular weight excluding hydrogens is 244 g/mol. The molecule has 0 bridgehead atoms. The SMILES string of the molecule is C[C@]1(CO)C[C@@H](O)C[C@]2(C)C3=C(CC[C@@H]12)C(=O)OC3. The Morgan fingerprint density at radius 2 is 2.11 bits per heavy atom. The van der Waals surface area contributed by atoms with Gasteiger partial charge in [0.25, 0.3) is 0 Å². The van der Waals surface area contributed by atoms with Crippen LogP contribution in [-0.2, 0) is 9.53 Å². The van der Waals surface area contributed by atoms with Crippen LogP contribution in [0.5, 0.6) is 0 Å². The van der Waals surface area contributed by atoms with E-state index in [0.717, 1.165) is 24.0 Å². The first-order chi connectivity index (χ1) is 8.90. The number of carbonyl (C=O) groups excluding carboxylic acids is 1. The Hall–Kier alpha value is -0.870. The highest BCUT2D eigenvalue weighted by molar-refractivity contribution is 5.92. The van der Waals surface area contributed by atoms with Crippen LogP contribution in [0.4, 0.5) is 0 Å². The van der Waals surface area contributed by atoms with E-state index >= 15 is 0 Å². The summed E-state index contributed by atoms with van der Waals surface area (Å²) in [6.45, 7) is 4.64. The molecule has 1 heterocycles. The molecule has 1 fully saturated rings. The minimum atomic E-state index is -0.416. The Morgan fingerprint density at radius 3 is 2.79 bits per heavy atom. The normalized spacial score (nSPS) is 45.8. The molecule has 2 N–H and O–H groups in total. The zero-order valence-corrected chi connectivity index (χ0v) is 11.6. The van der Waals surface area contributed by atoms with E-state index in [1.54, 1.807) is 0 Å². The van der Waals surface area contributed by atoms with Crippen molar-refractivity contribution in [3.8, 4) is 0 Å². The summed E-state index contributed by atoms with van der Waals surface area (Å²) in [5.74, 6) is 0.127. The molecule has 0 aromatic rings. The number of hydrogen-bond acceptors (Lipinski definition) is 4. The van der Waals surface area contributed by atoms with Crippen LogP contribution in [0.25, 0.3) is 0 Å². The lowest BCUT2D eigenvalue weighted by atomic mass is 9.49. The number of cyclic esters (lactones) is 1. The third kappa shape index (κ3) is 1.69. The standard InChI is InChI=1S/C15H22O4/c1-14(8-16)5-9(17)6-15(2)11-7-19-13(18)10(11)3-4-12(14)15/h9,12,16-17H,3-8H2,1-2H3/t9-,12+,14-,15-/m1/s1. The van der Waals surface area contributed by atoms with Crippen molar-refractivity contribution < 1.29 is 19.7 Å². The fourth-order valence-corrected chi connectivity index (χ4v) is 4.82. The van der Waals surface area contributed by atoms with E-state index in [9.17, 15) is 15.0 Å². The first-order valence-corrected chi connectivity index (χ1v) is 7.09. The van der Waals surface area contributed by atoms with Crippen LogP contribution in [0.2, 0.25) is 0 Å². The van der Waals surface area contributed by atoms with E-state index < -0.39 is 6.10 Å². The third-order valence-corrected chi connectivity index (χ3v) is 5.66. The molecule has 4 nitrogen and oxygen atoms in total. The summed E-state index contributed by atoms with van der Waals surface area (Å²) in [6, 6.07) is 0. The summed E-state index contributed by atoms with van der Waals surface area (Å²) in [7, 11) is 0. The molecule has 106 valence electrons. The lowest BCUT2D eigenvalue weighted by molar-refractivity contribution is -0.136. The second kappa shape index (κ2) is 4.06. The largest absolute Gasteiger partial charge is 0.458 e. The minimum Gasteiger partial charge on any atom is -0.458 e. The highest BCUT2D eigenvalue weighted by Crippen LogP contribution is 2.60. The minimum absolute atomic E-state index is 0.0851. The van der Waals surface area contributed by atoms with Crippen molar-refractivity contribution in [2.75, 3.05) is 13.2 Å². The fraction of sp³-hybridized carbons (Fsp3) is 0.800. The molecule has 4 heteroatoms. The Bertz CT molecular complexity index is 455. The summed E-state index contributed by atoms with van der Waals surface area (Å²) in [4.78, 5) is 11.7. The first kappa shape index (κ1) is 13.1. The summed E-state index contributed by atoms with van der Waals surface area (Å²) in [5.41, 5.74) is 1.42. The first-order valence-electron chi connectivity index (χ1n) is 7.09. The van der Waals surface area contributed by atoms with Crippen molar-refractivity contribution in [1.29, 1.82) is 0 Å². The van der Waals surface area contributed by atoms with Crippen LogP contribution in [0, 0.1) is 16.7 Å². The van der Waals surface area contributed by atoms with Gasteiger partial charge in [-0.3, -0.25) is 0 Å². The highest BCUT2D eigenvalue weighted by atomic mass is 16.5. The van der Waals surface area contributed by atoms with Gasteiger partial charge in [-0.25, -0.2) is 4.79 Å². The average Bonchev–Trinajstić information content (AvgIpc) is 2.71. The molecule has 1 aliphatic heterocycles. The quantitative estimate of drug-likeness (QED) is 0.704. The van der Waals surface area contributed by atoms with Gasteiger partial charge in [-0.2, -0.15) is 0 Å². The van der Waals surface area contributed by atoms with Crippen LogP contribution in [0.1, 0.15) is 39.5 Å². The monoisotopic (exact) mass is 266 g/mol. The number of carbonyl (C=O) groups is 1. The van der Waals surface area contributed by atoms with Crippen molar-refractivity contribution in [1.82, 2.24) is 0 Å². The highest BCUT2D eigenvalue weighted by Gasteiger charge is 2.56. The Morgan fingerprint density at radius 1 is 1.37 bits per heavy atom. The summed E-state index contributed by atoms with van der Waals surface area (Å²) in [6.07, 6.45) is 2.54. The van der Waals surface area contributed by atoms with Gasteiger partial charge in [0.1, 0.15) is 6.61 Å². The van der Waals surface area contributed by atoms with E-state index in [2.05, 4.69) is 13.8 Å². The van der Waals surface area contributed by atoms with Gasteiger partial charge in [0.15, 0.2) is 0 Å². The fourth-order valence-electron chi connectivity index (χ4n) is 4.82. The van der Waals surface area contributed by atoms with Crippen LogP contribution in [0.3, 0.4) is 0 Å². The van der Waals surface area contributed by atoms with E-state index in [1.807, 2.05) is 0 Å². The van der Waals surface area contributed by atoms with Gasteiger partial charge in [0, 0.05) is 12.2 Å². The number of fused-ring (bicyclic) bond motifs is 2. The van der Waals surface area contributed by atoms with E-state index in [-0.39, 0.29) is 23.4 Å². The maximum atomic E-state index is 11.7. The number of ether oxygens (including phenoxy) is 1. The molecule has 19 heavy (non-hydrogen) atoms. The van der Waals surface area contributed by atoms with Crippen molar-refractivity contribution in [3.63, 3.8) is 0 Å². The van der Waals surface area contributed by atoms with Gasteiger partial charge in [-0.15, -0.1) is 0 Å². The van der Waals surface area contributed by atoms with Crippen LogP contribution in [0.15, 0.2) is 11.1 Å². The van der Waals surface area contributed by atoms with Crippen LogP contribution >= 0.6 is 0 Å². The zero-order valence-electron chi connectivity index (χ0n) is 11.6. The Labute approximate surface area is 113 Å². The van der Waals surface area contributed by atoms with Gasteiger partial charge in [-0.1, -0.05) is 13.8 Å². The van der Waals surface area contributed by atoms with Crippen molar-refractivity contribution in [3.05, 3.63) is 11.1 Å². The van der Waals surface area contributed by atoms with Crippen LogP contribution in [-0.4, -0.2) is 35.5 Å². The topological polar surface area (TPSA) is 66.8 Å². The maximum absolute atomic E-state index is 11.7. The molecule has 0 radical (unpaired) electrons. The molecule has 0 unspecified atom stereocenters. The van der Waals surface area contributed by atoms with Gasteiger partial charge in [0.2, 0.25) is 0 Å². The van der Waals surface area contributed by atoms with Gasteiger partial charge < -0.3 is 14.9 Å². The molecule has 0 aromatic carbocycles. The van der Waals surface area contributed by atoms with E-state index in [1.165, 1.54) is 0 Å². The molecule has 1 saturated carbocycles. The maximum Gasteiger partial charge on any atom is 0.334 e. The third-order valence-electron chi connectivity index (χ3n) is 5.66. The lowest BCUT2D eigenvalue weighted by Gasteiger charge is -2.55. The van der Waals surface area contributed by atoms with E-state index in [4.69, 9.17) is 4.74 Å². The van der Waals surface area contributed by atoms with Gasteiger partial charge >= 0.3 is 5.97 Å². The molecule has 2 aliphatic carbocycles. The number of aliphatic hydroxyl groups is 2. The van der Waals surface area contributed by atoms with Crippen molar-refractivity contribution in [2.24, 2.45) is 16.7 Å². The molecule has 4 atom stereocenters. The second-order valence-electron chi connectivity index (χ2n) is 6.92. The smallest absolute Gasteiger partial charge is 0.334 e. The Kier molecular flexibility index (Phi) is 2.81. The summed E-state index contributed by atoms with van der Waals surface area (Å²) < 4.78 is 5.19.